The highest BCUT2D eigenvalue weighted by Gasteiger charge is 2.15. The van der Waals surface area contributed by atoms with Gasteiger partial charge in [0, 0.05) is 48.6 Å². The second kappa shape index (κ2) is 8.64. The van der Waals surface area contributed by atoms with Crippen LogP contribution in [0.5, 0.6) is 11.5 Å². The van der Waals surface area contributed by atoms with Crippen molar-refractivity contribution in [2.75, 3.05) is 26.2 Å². The van der Waals surface area contributed by atoms with E-state index in [-0.39, 0.29) is 5.91 Å². The summed E-state index contributed by atoms with van der Waals surface area (Å²) in [6.45, 7) is 0. The maximum absolute atomic E-state index is 12.6. The molecular formula is C20H21N3O3S. The van der Waals surface area contributed by atoms with E-state index in [1.54, 1.807) is 62.0 Å². The topological polar surface area (TPSA) is 64.5 Å². The quantitative estimate of drug-likeness (QED) is 0.621. The van der Waals surface area contributed by atoms with Crippen molar-refractivity contribution in [2.45, 2.75) is 12.8 Å². The number of amides is 1. The Bertz CT molecular complexity index is 912. The van der Waals surface area contributed by atoms with Gasteiger partial charge >= 0.3 is 0 Å². The minimum absolute atomic E-state index is 0.0122. The van der Waals surface area contributed by atoms with Crippen LogP contribution in [-0.4, -0.2) is 37.1 Å². The summed E-state index contributed by atoms with van der Waals surface area (Å²) >= 11 is 1.56. The number of carbonyl (C=O) groups excluding carboxylic acids is 1. The van der Waals surface area contributed by atoms with Gasteiger partial charge in [0.15, 0.2) is 11.5 Å². The fourth-order valence-corrected chi connectivity index (χ4v) is 3.47. The van der Waals surface area contributed by atoms with Gasteiger partial charge in [0.25, 0.3) is 0 Å². The number of aryl methyl sites for hydroxylation is 1. The van der Waals surface area contributed by atoms with Gasteiger partial charge in [0.1, 0.15) is 5.01 Å². The third-order valence-corrected chi connectivity index (χ3v) is 5.12. The highest BCUT2D eigenvalue weighted by Crippen LogP contribution is 2.31. The van der Waals surface area contributed by atoms with Gasteiger partial charge in [0.05, 0.1) is 19.9 Å². The number of nitrogens with zero attached hydrogens (tertiary/aromatic N) is 3. The lowest BCUT2D eigenvalue weighted by Crippen LogP contribution is -2.26. The number of ether oxygens (including phenoxy) is 2. The molecule has 0 aliphatic heterocycles. The van der Waals surface area contributed by atoms with Crippen molar-refractivity contribution >= 4 is 22.9 Å². The third-order valence-electron chi connectivity index (χ3n) is 4.18. The summed E-state index contributed by atoms with van der Waals surface area (Å²) in [5.41, 5.74) is 2.66. The van der Waals surface area contributed by atoms with E-state index < -0.39 is 0 Å². The number of anilines is 1. The molecule has 6 nitrogen and oxygen atoms in total. The van der Waals surface area contributed by atoms with E-state index in [0.717, 1.165) is 22.0 Å². The fourth-order valence-electron chi connectivity index (χ4n) is 2.62. The van der Waals surface area contributed by atoms with Crippen molar-refractivity contribution in [1.82, 2.24) is 9.97 Å². The zero-order valence-corrected chi connectivity index (χ0v) is 16.3. The molecule has 3 aromatic rings. The number of benzene rings is 1. The molecule has 0 atom stereocenters. The summed E-state index contributed by atoms with van der Waals surface area (Å²) in [4.78, 5) is 22.9. The van der Waals surface area contributed by atoms with Crippen molar-refractivity contribution in [3.8, 4) is 22.1 Å². The van der Waals surface area contributed by atoms with Crippen molar-refractivity contribution in [3.05, 3.63) is 53.8 Å². The van der Waals surface area contributed by atoms with Crippen LogP contribution in [0.2, 0.25) is 0 Å². The molecule has 2 heterocycles. The van der Waals surface area contributed by atoms with Crippen LogP contribution >= 0.6 is 11.3 Å². The van der Waals surface area contributed by atoms with E-state index in [1.165, 1.54) is 0 Å². The van der Waals surface area contributed by atoms with Crippen LogP contribution < -0.4 is 14.4 Å². The minimum Gasteiger partial charge on any atom is -0.493 e. The number of pyridine rings is 1. The number of carbonyl (C=O) groups is 1. The SMILES string of the molecule is COc1ccc(N(C)C(=O)CCc2csc(-c3cccnc3)n2)cc1OC. The molecule has 1 aromatic carbocycles. The lowest BCUT2D eigenvalue weighted by atomic mass is 10.2. The van der Waals surface area contributed by atoms with E-state index >= 15 is 0 Å². The standard InChI is InChI=1S/C20H21N3O3S/c1-23(16-7-8-17(25-2)18(11-16)26-3)19(24)9-6-15-13-27-20(22-15)14-5-4-10-21-12-14/h4-5,7-8,10-13H,6,9H2,1-3H3. The zero-order chi connectivity index (χ0) is 19.2. The van der Waals surface area contributed by atoms with Gasteiger partial charge in [-0.3, -0.25) is 9.78 Å². The molecule has 0 aliphatic rings. The Morgan fingerprint density at radius 1 is 1.19 bits per heavy atom. The van der Waals surface area contributed by atoms with Gasteiger partial charge in [-0.15, -0.1) is 11.3 Å². The molecule has 0 bridgehead atoms. The van der Waals surface area contributed by atoms with Crippen LogP contribution in [0.1, 0.15) is 12.1 Å². The number of rotatable bonds is 7. The Morgan fingerprint density at radius 3 is 2.70 bits per heavy atom. The molecule has 0 saturated carbocycles. The Hall–Kier alpha value is -2.93. The number of aromatic nitrogens is 2. The summed E-state index contributed by atoms with van der Waals surface area (Å²) in [5.74, 6) is 1.24. The predicted molar refractivity (Wildman–Crippen MR) is 107 cm³/mol. The highest BCUT2D eigenvalue weighted by atomic mass is 32.1. The molecule has 140 valence electrons. The van der Waals surface area contributed by atoms with Gasteiger partial charge in [-0.25, -0.2) is 4.98 Å². The molecule has 2 aromatic heterocycles. The Morgan fingerprint density at radius 2 is 2.00 bits per heavy atom. The molecule has 0 unspecified atom stereocenters. The number of methoxy groups -OCH3 is 2. The molecule has 27 heavy (non-hydrogen) atoms. The summed E-state index contributed by atoms with van der Waals surface area (Å²) in [6, 6.07) is 9.28. The van der Waals surface area contributed by atoms with Gasteiger partial charge in [-0.05, 0) is 30.7 Å². The second-order valence-corrected chi connectivity index (χ2v) is 6.74. The second-order valence-electron chi connectivity index (χ2n) is 5.88. The molecule has 0 aliphatic carbocycles. The van der Waals surface area contributed by atoms with Crippen molar-refractivity contribution < 1.29 is 14.3 Å². The molecule has 0 saturated heterocycles. The van der Waals surface area contributed by atoms with Gasteiger partial charge < -0.3 is 14.4 Å². The number of hydrogen-bond acceptors (Lipinski definition) is 6. The minimum atomic E-state index is 0.0122. The first kappa shape index (κ1) is 18.8. The first-order valence-corrected chi connectivity index (χ1v) is 9.33. The lowest BCUT2D eigenvalue weighted by molar-refractivity contribution is -0.118. The van der Waals surface area contributed by atoms with Crippen molar-refractivity contribution in [1.29, 1.82) is 0 Å². The van der Waals surface area contributed by atoms with Crippen LogP contribution in [0.3, 0.4) is 0 Å². The average molecular weight is 383 g/mol. The van der Waals surface area contributed by atoms with Gasteiger partial charge in [-0.2, -0.15) is 0 Å². The van der Waals surface area contributed by atoms with Crippen molar-refractivity contribution in [3.63, 3.8) is 0 Å². The largest absolute Gasteiger partial charge is 0.493 e. The molecular weight excluding hydrogens is 362 g/mol. The zero-order valence-electron chi connectivity index (χ0n) is 15.5. The Labute approximate surface area is 162 Å². The number of thiazole rings is 1. The summed E-state index contributed by atoms with van der Waals surface area (Å²) in [7, 11) is 4.91. The molecule has 7 heteroatoms. The first-order chi connectivity index (χ1) is 13.1. The maximum Gasteiger partial charge on any atom is 0.227 e. The smallest absolute Gasteiger partial charge is 0.227 e. The van der Waals surface area contributed by atoms with E-state index in [0.29, 0.717) is 24.3 Å². The third kappa shape index (κ3) is 4.43. The average Bonchev–Trinajstić information content (AvgIpc) is 3.20. The van der Waals surface area contributed by atoms with Crippen LogP contribution in [0.15, 0.2) is 48.1 Å². The molecule has 1 amide bonds. The van der Waals surface area contributed by atoms with E-state index in [1.807, 2.05) is 23.6 Å². The van der Waals surface area contributed by atoms with Crippen LogP contribution in [0, 0.1) is 0 Å². The van der Waals surface area contributed by atoms with Gasteiger partial charge in [0.2, 0.25) is 5.91 Å². The summed E-state index contributed by atoms with van der Waals surface area (Å²) < 4.78 is 10.5. The highest BCUT2D eigenvalue weighted by molar-refractivity contribution is 7.13. The molecule has 0 fully saturated rings. The van der Waals surface area contributed by atoms with E-state index in [2.05, 4.69) is 9.97 Å². The van der Waals surface area contributed by atoms with E-state index in [4.69, 9.17) is 9.47 Å². The molecule has 0 N–H and O–H groups in total. The lowest BCUT2D eigenvalue weighted by Gasteiger charge is -2.19. The normalized spacial score (nSPS) is 10.5. The predicted octanol–water partition coefficient (Wildman–Crippen LogP) is 3.82. The fraction of sp³-hybridized carbons (Fsp3) is 0.250. The van der Waals surface area contributed by atoms with E-state index in [9.17, 15) is 4.79 Å². The first-order valence-electron chi connectivity index (χ1n) is 8.45. The van der Waals surface area contributed by atoms with Crippen LogP contribution in [0.4, 0.5) is 5.69 Å². The number of hydrogen-bond donors (Lipinski definition) is 0. The molecule has 3 rings (SSSR count). The van der Waals surface area contributed by atoms with Crippen LogP contribution in [0.25, 0.3) is 10.6 Å². The monoisotopic (exact) mass is 383 g/mol. The Balaban J connectivity index is 1.63. The van der Waals surface area contributed by atoms with Gasteiger partial charge in [-0.1, -0.05) is 0 Å². The summed E-state index contributed by atoms with van der Waals surface area (Å²) in [5, 5.41) is 2.91. The summed E-state index contributed by atoms with van der Waals surface area (Å²) in [6.07, 6.45) is 4.49. The molecule has 0 spiro atoms. The molecule has 0 radical (unpaired) electrons. The Kier molecular flexibility index (Phi) is 6.03. The van der Waals surface area contributed by atoms with Crippen LogP contribution in [-0.2, 0) is 11.2 Å². The maximum atomic E-state index is 12.6. The van der Waals surface area contributed by atoms with Crippen molar-refractivity contribution in [2.24, 2.45) is 0 Å².